The van der Waals surface area contributed by atoms with Crippen molar-refractivity contribution in [2.24, 2.45) is 4.74 Å². The average molecular weight is 458 g/mol. The van der Waals surface area contributed by atoms with Gasteiger partial charge in [-0.3, -0.25) is 4.67 Å². The molecule has 168 valence electrons. The standard InChI is InChI=1S/C25H36N3OPS/c1-24(2,3)20-12-14-21(15-13-20)26-23(31)27-30(25(4,5)6,22-10-8-7-9-11-22)28-16-18-29-19-17-28/h7-15H,16-19H2,1-6H3,(H,26,31). The number of benzene rings is 2. The Morgan fingerprint density at radius 2 is 1.52 bits per heavy atom. The van der Waals surface area contributed by atoms with Gasteiger partial charge in [0.2, 0.25) is 0 Å². The van der Waals surface area contributed by atoms with Crippen LogP contribution in [0, 0.1) is 0 Å². The Morgan fingerprint density at radius 3 is 2.03 bits per heavy atom. The van der Waals surface area contributed by atoms with Crippen molar-refractivity contribution in [2.45, 2.75) is 52.1 Å². The second-order valence-electron chi connectivity index (χ2n) is 10.0. The van der Waals surface area contributed by atoms with E-state index in [1.54, 1.807) is 0 Å². The highest BCUT2D eigenvalue weighted by Gasteiger charge is 2.42. The van der Waals surface area contributed by atoms with Gasteiger partial charge in [-0.25, -0.2) is 4.74 Å². The highest BCUT2D eigenvalue weighted by atomic mass is 32.1. The van der Waals surface area contributed by atoms with Gasteiger partial charge in [0.15, 0.2) is 5.11 Å². The number of ether oxygens (including phenoxy) is 1. The molecule has 4 nitrogen and oxygen atoms in total. The molecule has 6 heteroatoms. The maximum atomic E-state index is 5.82. The predicted octanol–water partition coefficient (Wildman–Crippen LogP) is 6.25. The lowest BCUT2D eigenvalue weighted by molar-refractivity contribution is 0.0738. The van der Waals surface area contributed by atoms with Gasteiger partial charge >= 0.3 is 0 Å². The number of morpholine rings is 1. The minimum absolute atomic E-state index is 0.0759. The van der Waals surface area contributed by atoms with Crippen molar-refractivity contribution in [3.8, 4) is 0 Å². The molecule has 2 aromatic rings. The fourth-order valence-electron chi connectivity index (χ4n) is 4.06. The second-order valence-corrected chi connectivity index (χ2v) is 14.2. The van der Waals surface area contributed by atoms with Crippen LogP contribution in [0.25, 0.3) is 0 Å². The molecular formula is C25H36N3OPS. The molecule has 0 radical (unpaired) electrons. The zero-order valence-electron chi connectivity index (χ0n) is 19.7. The molecule has 0 aliphatic carbocycles. The Labute approximate surface area is 193 Å². The third-order valence-electron chi connectivity index (χ3n) is 5.69. The van der Waals surface area contributed by atoms with Gasteiger partial charge in [0, 0.05) is 29.2 Å². The Morgan fingerprint density at radius 1 is 0.935 bits per heavy atom. The van der Waals surface area contributed by atoms with Crippen LogP contribution in [-0.2, 0) is 10.2 Å². The zero-order valence-corrected chi connectivity index (χ0v) is 21.4. The molecule has 1 heterocycles. The fraction of sp³-hybridized carbons (Fsp3) is 0.480. The monoisotopic (exact) mass is 457 g/mol. The summed E-state index contributed by atoms with van der Waals surface area (Å²) in [6, 6.07) is 19.2. The van der Waals surface area contributed by atoms with Gasteiger partial charge in [-0.1, -0.05) is 84.0 Å². The van der Waals surface area contributed by atoms with Crippen molar-refractivity contribution in [2.75, 3.05) is 31.6 Å². The minimum Gasteiger partial charge on any atom is -0.379 e. The van der Waals surface area contributed by atoms with Gasteiger partial charge in [-0.2, -0.15) is 0 Å². The minimum atomic E-state index is -2.16. The number of nitrogens with one attached hydrogen (secondary N) is 1. The van der Waals surface area contributed by atoms with Crippen LogP contribution in [0.2, 0.25) is 0 Å². The van der Waals surface area contributed by atoms with Crippen LogP contribution >= 0.6 is 19.4 Å². The van der Waals surface area contributed by atoms with Gasteiger partial charge in [-0.05, 0) is 35.3 Å². The van der Waals surface area contributed by atoms with Crippen molar-refractivity contribution < 1.29 is 4.74 Å². The highest BCUT2D eigenvalue weighted by molar-refractivity contribution is 7.82. The summed E-state index contributed by atoms with van der Waals surface area (Å²) in [5.41, 5.74) is 2.40. The number of anilines is 1. The van der Waals surface area contributed by atoms with Crippen molar-refractivity contribution >= 4 is 35.5 Å². The molecule has 0 amide bonds. The summed E-state index contributed by atoms with van der Waals surface area (Å²) in [6.07, 6.45) is 0. The molecule has 1 atom stereocenters. The summed E-state index contributed by atoms with van der Waals surface area (Å²) < 4.78 is 13.5. The molecule has 0 saturated carbocycles. The molecule has 1 aliphatic rings. The number of rotatable bonds is 3. The predicted molar refractivity (Wildman–Crippen MR) is 139 cm³/mol. The molecule has 1 unspecified atom stereocenters. The van der Waals surface area contributed by atoms with Gasteiger partial charge in [0.25, 0.3) is 0 Å². The van der Waals surface area contributed by atoms with Gasteiger partial charge in [-0.15, -0.1) is 0 Å². The molecule has 2 aromatic carbocycles. The molecule has 0 bridgehead atoms. The van der Waals surface area contributed by atoms with E-state index in [2.05, 4.69) is 106 Å². The fourth-order valence-corrected chi connectivity index (χ4v) is 8.67. The lowest BCUT2D eigenvalue weighted by atomic mass is 9.87. The first-order valence-electron chi connectivity index (χ1n) is 11.0. The van der Waals surface area contributed by atoms with Gasteiger partial charge in [0.05, 0.1) is 20.4 Å². The summed E-state index contributed by atoms with van der Waals surface area (Å²) in [6.45, 7) is 16.7. The van der Waals surface area contributed by atoms with E-state index >= 15 is 0 Å². The summed E-state index contributed by atoms with van der Waals surface area (Å²) in [4.78, 5) is 0. The number of thiocarbonyl (C=S) groups is 1. The van der Waals surface area contributed by atoms with Crippen LogP contribution in [0.15, 0.2) is 59.3 Å². The summed E-state index contributed by atoms with van der Waals surface area (Å²) in [5.74, 6) is 0. The summed E-state index contributed by atoms with van der Waals surface area (Å²) in [7, 11) is -2.16. The molecule has 31 heavy (non-hydrogen) atoms. The molecule has 1 fully saturated rings. The van der Waals surface area contributed by atoms with E-state index in [0.29, 0.717) is 5.11 Å². The van der Waals surface area contributed by atoms with E-state index in [1.165, 1.54) is 10.9 Å². The van der Waals surface area contributed by atoms with E-state index in [1.807, 2.05) is 0 Å². The quantitative estimate of drug-likeness (QED) is 0.436. The SMILES string of the molecule is CC(C)(C)c1ccc(NC(=S)N=P(c2ccccc2)(N2CCOCC2)C(C)(C)C)cc1. The van der Waals surface area contributed by atoms with Crippen molar-refractivity contribution in [1.29, 1.82) is 0 Å². The average Bonchev–Trinajstić information content (AvgIpc) is 2.72. The Hall–Kier alpha value is -1.52. The second kappa shape index (κ2) is 9.54. The first-order chi connectivity index (χ1) is 14.5. The summed E-state index contributed by atoms with van der Waals surface area (Å²) in [5, 5.41) is 5.12. The third-order valence-corrected chi connectivity index (χ3v) is 10.6. The Bertz CT molecular complexity index is 937. The number of hydrogen-bond donors (Lipinski definition) is 1. The molecular weight excluding hydrogens is 421 g/mol. The van der Waals surface area contributed by atoms with E-state index in [0.717, 1.165) is 32.0 Å². The van der Waals surface area contributed by atoms with Crippen LogP contribution in [-0.4, -0.2) is 41.2 Å². The molecule has 0 spiro atoms. The van der Waals surface area contributed by atoms with Crippen LogP contribution in [0.5, 0.6) is 0 Å². The Kier molecular flexibility index (Phi) is 7.43. The summed E-state index contributed by atoms with van der Waals surface area (Å²) >= 11 is 5.82. The number of nitrogens with zero attached hydrogens (tertiary/aromatic N) is 2. The first-order valence-corrected chi connectivity index (χ1v) is 13.1. The van der Waals surface area contributed by atoms with Crippen LogP contribution in [0.4, 0.5) is 5.69 Å². The van der Waals surface area contributed by atoms with E-state index in [-0.39, 0.29) is 10.6 Å². The first kappa shape index (κ1) is 24.1. The smallest absolute Gasteiger partial charge is 0.197 e. The lowest BCUT2D eigenvalue weighted by Gasteiger charge is -2.46. The lowest BCUT2D eigenvalue weighted by Crippen LogP contribution is -2.43. The zero-order chi connectivity index (χ0) is 22.7. The van der Waals surface area contributed by atoms with Crippen molar-refractivity contribution in [1.82, 2.24) is 4.67 Å². The topological polar surface area (TPSA) is 36.9 Å². The van der Waals surface area contributed by atoms with Crippen LogP contribution in [0.1, 0.15) is 47.1 Å². The van der Waals surface area contributed by atoms with E-state index in [4.69, 9.17) is 21.7 Å². The molecule has 1 saturated heterocycles. The maximum Gasteiger partial charge on any atom is 0.197 e. The highest BCUT2D eigenvalue weighted by Crippen LogP contribution is 2.62. The van der Waals surface area contributed by atoms with E-state index in [9.17, 15) is 0 Å². The van der Waals surface area contributed by atoms with Crippen molar-refractivity contribution in [3.63, 3.8) is 0 Å². The van der Waals surface area contributed by atoms with Crippen LogP contribution in [0.3, 0.4) is 0 Å². The van der Waals surface area contributed by atoms with Gasteiger partial charge < -0.3 is 10.1 Å². The number of hydrogen-bond acceptors (Lipinski definition) is 2. The van der Waals surface area contributed by atoms with Crippen LogP contribution < -0.4 is 10.6 Å². The Balaban J connectivity index is 2.03. The third kappa shape index (κ3) is 5.46. The van der Waals surface area contributed by atoms with Gasteiger partial charge in [0.1, 0.15) is 0 Å². The van der Waals surface area contributed by atoms with E-state index < -0.39 is 7.21 Å². The maximum absolute atomic E-state index is 5.82. The molecule has 1 aliphatic heterocycles. The normalized spacial score (nSPS) is 17.6. The molecule has 1 N–H and O–H groups in total. The molecule has 3 rings (SSSR count). The van der Waals surface area contributed by atoms with Crippen molar-refractivity contribution in [3.05, 3.63) is 60.2 Å². The molecule has 0 aromatic heterocycles. The largest absolute Gasteiger partial charge is 0.379 e.